The smallest absolute Gasteiger partial charge is 0.223 e. The second-order valence-corrected chi connectivity index (χ2v) is 5.38. The summed E-state index contributed by atoms with van der Waals surface area (Å²) < 4.78 is 0.953. The zero-order chi connectivity index (χ0) is 13.7. The van der Waals surface area contributed by atoms with E-state index < -0.39 is 0 Å². The Hall–Kier alpha value is -1.56. The van der Waals surface area contributed by atoms with E-state index in [2.05, 4.69) is 25.9 Å². The number of benzene rings is 1. The molecule has 1 fully saturated rings. The summed E-state index contributed by atoms with van der Waals surface area (Å²) >= 11 is 3.39. The second kappa shape index (κ2) is 6.56. The molecule has 4 N–H and O–H groups in total. The van der Waals surface area contributed by atoms with Crippen molar-refractivity contribution < 1.29 is 0 Å². The van der Waals surface area contributed by atoms with Crippen molar-refractivity contribution in [3.8, 4) is 0 Å². The Labute approximate surface area is 121 Å². The Morgan fingerprint density at radius 1 is 1.16 bits per heavy atom. The lowest BCUT2D eigenvalue weighted by atomic mass is 10.1. The molecule has 0 radical (unpaired) electrons. The fourth-order valence-corrected chi connectivity index (χ4v) is 2.40. The van der Waals surface area contributed by atoms with Crippen molar-refractivity contribution in [3.63, 3.8) is 0 Å². The summed E-state index contributed by atoms with van der Waals surface area (Å²) in [7, 11) is 0. The Bertz CT molecular complexity index is 492. The van der Waals surface area contributed by atoms with Gasteiger partial charge >= 0.3 is 0 Å². The van der Waals surface area contributed by atoms with Crippen molar-refractivity contribution in [2.24, 2.45) is 21.5 Å². The van der Waals surface area contributed by atoms with Crippen LogP contribution in [0.4, 0.5) is 5.69 Å². The first-order valence-corrected chi connectivity index (χ1v) is 7.13. The molecule has 0 bridgehead atoms. The molecule has 1 aliphatic heterocycles. The van der Waals surface area contributed by atoms with Gasteiger partial charge in [-0.25, -0.2) is 4.99 Å². The third kappa shape index (κ3) is 4.24. The van der Waals surface area contributed by atoms with Crippen LogP contribution in [0.15, 0.2) is 38.7 Å². The molecule has 0 aromatic heterocycles. The molecular weight excluding hydrogens is 306 g/mol. The minimum Gasteiger partial charge on any atom is -0.369 e. The van der Waals surface area contributed by atoms with E-state index in [1.54, 1.807) is 0 Å². The summed E-state index contributed by atoms with van der Waals surface area (Å²) in [5.74, 6) is 0.636. The molecule has 6 heteroatoms. The van der Waals surface area contributed by atoms with Crippen molar-refractivity contribution in [2.75, 3.05) is 13.1 Å². The van der Waals surface area contributed by atoms with Crippen LogP contribution in [0.2, 0.25) is 0 Å². The van der Waals surface area contributed by atoms with Crippen LogP contribution in [0.3, 0.4) is 0 Å². The standard InChI is InChI=1S/C13H18BrN5/c14-10-5-4-6-11(9-10)17-12(15)18-13(16)19-7-2-1-3-8-19/h4-6,9H,1-3,7-8H2,(H4,15,16,17,18). The molecule has 0 spiro atoms. The van der Waals surface area contributed by atoms with E-state index in [9.17, 15) is 0 Å². The summed E-state index contributed by atoms with van der Waals surface area (Å²) in [5, 5.41) is 0. The second-order valence-electron chi connectivity index (χ2n) is 4.47. The predicted molar refractivity (Wildman–Crippen MR) is 82.5 cm³/mol. The molecule has 0 amide bonds. The average Bonchev–Trinajstić information content (AvgIpc) is 2.39. The van der Waals surface area contributed by atoms with E-state index in [0.29, 0.717) is 5.96 Å². The molecule has 0 aliphatic carbocycles. The Balaban J connectivity index is 2.08. The van der Waals surface area contributed by atoms with Crippen LogP contribution in [-0.4, -0.2) is 29.9 Å². The number of guanidine groups is 2. The largest absolute Gasteiger partial charge is 0.369 e. The van der Waals surface area contributed by atoms with E-state index in [4.69, 9.17) is 11.5 Å². The number of halogens is 1. The maximum absolute atomic E-state index is 5.94. The van der Waals surface area contributed by atoms with Gasteiger partial charge in [-0.05, 0) is 37.5 Å². The first kappa shape index (κ1) is 13.9. The normalized spacial score (nSPS) is 17.6. The van der Waals surface area contributed by atoms with Gasteiger partial charge in [0.25, 0.3) is 0 Å². The molecule has 1 aliphatic rings. The molecular formula is C13H18BrN5. The van der Waals surface area contributed by atoms with E-state index in [-0.39, 0.29) is 5.96 Å². The minimum absolute atomic E-state index is 0.182. The Morgan fingerprint density at radius 2 is 1.89 bits per heavy atom. The van der Waals surface area contributed by atoms with Gasteiger partial charge in [0.15, 0.2) is 5.96 Å². The van der Waals surface area contributed by atoms with Crippen molar-refractivity contribution in [3.05, 3.63) is 28.7 Å². The number of hydrogen-bond acceptors (Lipinski definition) is 1. The summed E-state index contributed by atoms with van der Waals surface area (Å²) in [5.41, 5.74) is 12.5. The summed E-state index contributed by atoms with van der Waals surface area (Å²) in [4.78, 5) is 10.4. The average molecular weight is 324 g/mol. The highest BCUT2D eigenvalue weighted by Crippen LogP contribution is 2.18. The topological polar surface area (TPSA) is 80.0 Å². The van der Waals surface area contributed by atoms with Crippen LogP contribution >= 0.6 is 15.9 Å². The molecule has 5 nitrogen and oxygen atoms in total. The number of hydrogen-bond donors (Lipinski definition) is 2. The maximum atomic E-state index is 5.94. The van der Waals surface area contributed by atoms with Gasteiger partial charge in [0.05, 0.1) is 5.69 Å². The van der Waals surface area contributed by atoms with Crippen LogP contribution in [-0.2, 0) is 0 Å². The van der Waals surface area contributed by atoms with Gasteiger partial charge in [-0.2, -0.15) is 4.99 Å². The lowest BCUT2D eigenvalue weighted by Crippen LogP contribution is -2.41. The van der Waals surface area contributed by atoms with E-state index in [0.717, 1.165) is 36.1 Å². The molecule has 1 aromatic carbocycles. The molecule has 1 heterocycles. The highest BCUT2D eigenvalue weighted by atomic mass is 79.9. The van der Waals surface area contributed by atoms with Gasteiger partial charge in [-0.1, -0.05) is 22.0 Å². The van der Waals surface area contributed by atoms with Crippen molar-refractivity contribution in [1.29, 1.82) is 0 Å². The number of likely N-dealkylation sites (tertiary alicyclic amines) is 1. The lowest BCUT2D eigenvalue weighted by Gasteiger charge is -2.27. The van der Waals surface area contributed by atoms with Gasteiger partial charge in [-0.15, -0.1) is 0 Å². The molecule has 0 atom stereocenters. The van der Waals surface area contributed by atoms with Crippen LogP contribution < -0.4 is 11.5 Å². The third-order valence-corrected chi connectivity index (χ3v) is 3.45. The summed E-state index contributed by atoms with van der Waals surface area (Å²) in [6, 6.07) is 7.57. The van der Waals surface area contributed by atoms with Crippen molar-refractivity contribution >= 4 is 33.5 Å². The molecule has 19 heavy (non-hydrogen) atoms. The number of nitrogens with two attached hydrogens (primary N) is 2. The number of rotatable bonds is 1. The molecule has 0 saturated carbocycles. The Morgan fingerprint density at radius 3 is 2.58 bits per heavy atom. The highest BCUT2D eigenvalue weighted by Gasteiger charge is 2.12. The van der Waals surface area contributed by atoms with Crippen molar-refractivity contribution in [2.45, 2.75) is 19.3 Å². The SMILES string of the molecule is NC(=Nc1cccc(Br)c1)N=C(N)N1CCCCC1. The lowest BCUT2D eigenvalue weighted by molar-refractivity contribution is 0.339. The fourth-order valence-electron chi connectivity index (χ4n) is 2.01. The van der Waals surface area contributed by atoms with Gasteiger partial charge < -0.3 is 16.4 Å². The van der Waals surface area contributed by atoms with Crippen LogP contribution in [0.5, 0.6) is 0 Å². The zero-order valence-electron chi connectivity index (χ0n) is 10.7. The van der Waals surface area contributed by atoms with Gasteiger partial charge in [0.2, 0.25) is 5.96 Å². The molecule has 1 saturated heterocycles. The quantitative estimate of drug-likeness (QED) is 0.614. The van der Waals surface area contributed by atoms with Crippen LogP contribution in [0, 0.1) is 0 Å². The Kier molecular flexibility index (Phi) is 4.79. The van der Waals surface area contributed by atoms with E-state index in [1.807, 2.05) is 29.2 Å². The van der Waals surface area contributed by atoms with Crippen LogP contribution in [0.1, 0.15) is 19.3 Å². The number of nitrogens with zero attached hydrogens (tertiary/aromatic N) is 3. The third-order valence-electron chi connectivity index (χ3n) is 2.96. The van der Waals surface area contributed by atoms with Crippen molar-refractivity contribution in [1.82, 2.24) is 4.90 Å². The monoisotopic (exact) mass is 323 g/mol. The number of piperidine rings is 1. The van der Waals surface area contributed by atoms with Gasteiger partial charge in [0.1, 0.15) is 0 Å². The molecule has 102 valence electrons. The van der Waals surface area contributed by atoms with Crippen LogP contribution in [0.25, 0.3) is 0 Å². The highest BCUT2D eigenvalue weighted by molar-refractivity contribution is 9.10. The minimum atomic E-state index is 0.182. The first-order valence-electron chi connectivity index (χ1n) is 6.34. The molecule has 0 unspecified atom stereocenters. The molecule has 1 aromatic rings. The first-order chi connectivity index (χ1) is 9.15. The summed E-state index contributed by atoms with van der Waals surface area (Å²) in [6.45, 7) is 1.89. The predicted octanol–water partition coefficient (Wildman–Crippen LogP) is 2.20. The van der Waals surface area contributed by atoms with Gasteiger partial charge in [0, 0.05) is 17.6 Å². The number of aliphatic imine (C=N–C) groups is 2. The van der Waals surface area contributed by atoms with E-state index >= 15 is 0 Å². The van der Waals surface area contributed by atoms with Gasteiger partial charge in [-0.3, -0.25) is 0 Å². The maximum Gasteiger partial charge on any atom is 0.223 e. The zero-order valence-corrected chi connectivity index (χ0v) is 12.3. The molecule has 2 rings (SSSR count). The fraction of sp³-hybridized carbons (Fsp3) is 0.385. The van der Waals surface area contributed by atoms with E-state index in [1.165, 1.54) is 6.42 Å². The summed E-state index contributed by atoms with van der Waals surface area (Å²) in [6.07, 6.45) is 3.56.